The SMILES string of the molecule is CC(C)NC(N)=NCCN1CCN(c2ccc(F)cc2)CC1.I. The zero-order chi connectivity index (χ0) is 15.9. The maximum Gasteiger partial charge on any atom is 0.188 e. The number of piperazine rings is 1. The van der Waals surface area contributed by atoms with Crippen LogP contribution < -0.4 is 16.0 Å². The van der Waals surface area contributed by atoms with E-state index < -0.39 is 0 Å². The van der Waals surface area contributed by atoms with Gasteiger partial charge in [0, 0.05) is 44.5 Å². The minimum absolute atomic E-state index is 0. The Morgan fingerprint density at radius 3 is 2.39 bits per heavy atom. The van der Waals surface area contributed by atoms with Crippen LogP contribution in [0.5, 0.6) is 0 Å². The van der Waals surface area contributed by atoms with E-state index in [1.54, 1.807) is 0 Å². The average Bonchev–Trinajstić information content (AvgIpc) is 2.48. The number of guanidine groups is 1. The zero-order valence-electron chi connectivity index (χ0n) is 13.8. The quantitative estimate of drug-likeness (QED) is 0.422. The Kier molecular flexibility index (Phi) is 8.60. The minimum atomic E-state index is -0.187. The molecule has 0 bridgehead atoms. The number of benzene rings is 1. The predicted octanol–water partition coefficient (Wildman–Crippen LogP) is 1.88. The molecule has 0 aliphatic carbocycles. The molecule has 2 rings (SSSR count). The van der Waals surface area contributed by atoms with Crippen LogP contribution in [0.4, 0.5) is 10.1 Å². The number of halogens is 2. The van der Waals surface area contributed by atoms with Crippen LogP contribution in [0.15, 0.2) is 29.3 Å². The third-order valence-electron chi connectivity index (χ3n) is 3.70. The lowest BCUT2D eigenvalue weighted by Crippen LogP contribution is -2.47. The molecule has 23 heavy (non-hydrogen) atoms. The van der Waals surface area contributed by atoms with Crippen LogP contribution in [-0.2, 0) is 0 Å². The fourth-order valence-corrected chi connectivity index (χ4v) is 2.53. The van der Waals surface area contributed by atoms with Crippen molar-refractivity contribution in [3.63, 3.8) is 0 Å². The highest BCUT2D eigenvalue weighted by atomic mass is 127. The van der Waals surface area contributed by atoms with Crippen LogP contribution >= 0.6 is 24.0 Å². The minimum Gasteiger partial charge on any atom is -0.370 e. The van der Waals surface area contributed by atoms with Crippen LogP contribution in [0.3, 0.4) is 0 Å². The second kappa shape index (κ2) is 9.92. The van der Waals surface area contributed by atoms with Crippen molar-refractivity contribution in [2.24, 2.45) is 10.7 Å². The van der Waals surface area contributed by atoms with Crippen LogP contribution in [0, 0.1) is 5.82 Å². The van der Waals surface area contributed by atoms with E-state index in [2.05, 4.69) is 20.1 Å². The molecule has 7 heteroatoms. The molecule has 1 aromatic rings. The average molecular weight is 435 g/mol. The van der Waals surface area contributed by atoms with Gasteiger partial charge in [0.25, 0.3) is 0 Å². The molecule has 0 saturated carbocycles. The molecule has 0 amide bonds. The van der Waals surface area contributed by atoms with Crippen molar-refractivity contribution in [2.75, 3.05) is 44.2 Å². The molecule has 3 N–H and O–H groups in total. The molecular formula is C16H27FIN5. The molecule has 0 spiro atoms. The lowest BCUT2D eigenvalue weighted by Gasteiger charge is -2.35. The van der Waals surface area contributed by atoms with Crippen LogP contribution in [0.2, 0.25) is 0 Å². The summed E-state index contributed by atoms with van der Waals surface area (Å²) in [6.45, 7) is 9.59. The number of aliphatic imine (C=N–C) groups is 1. The number of anilines is 1. The predicted molar refractivity (Wildman–Crippen MR) is 105 cm³/mol. The summed E-state index contributed by atoms with van der Waals surface area (Å²) in [7, 11) is 0. The summed E-state index contributed by atoms with van der Waals surface area (Å²) in [5, 5.41) is 3.08. The first-order valence-corrected chi connectivity index (χ1v) is 7.84. The second-order valence-electron chi connectivity index (χ2n) is 5.87. The maximum absolute atomic E-state index is 12.9. The molecule has 130 valence electrons. The van der Waals surface area contributed by atoms with Crippen molar-refractivity contribution in [3.8, 4) is 0 Å². The van der Waals surface area contributed by atoms with Crippen LogP contribution in [0.1, 0.15) is 13.8 Å². The zero-order valence-corrected chi connectivity index (χ0v) is 16.2. The molecule has 0 unspecified atom stereocenters. The highest BCUT2D eigenvalue weighted by Crippen LogP contribution is 2.16. The van der Waals surface area contributed by atoms with E-state index in [1.807, 2.05) is 26.0 Å². The second-order valence-corrected chi connectivity index (χ2v) is 5.87. The Morgan fingerprint density at radius 2 is 1.83 bits per heavy atom. The number of nitrogens with one attached hydrogen (secondary N) is 1. The van der Waals surface area contributed by atoms with E-state index >= 15 is 0 Å². The monoisotopic (exact) mass is 435 g/mol. The molecule has 1 aliphatic heterocycles. The van der Waals surface area contributed by atoms with Crippen LogP contribution in [0.25, 0.3) is 0 Å². The van der Waals surface area contributed by atoms with E-state index in [9.17, 15) is 4.39 Å². The Morgan fingerprint density at radius 1 is 1.22 bits per heavy atom. The van der Waals surface area contributed by atoms with Gasteiger partial charge in [-0.25, -0.2) is 4.39 Å². The first kappa shape index (κ1) is 20.0. The third kappa shape index (κ3) is 6.90. The summed E-state index contributed by atoms with van der Waals surface area (Å²) in [5.41, 5.74) is 6.87. The fraction of sp³-hybridized carbons (Fsp3) is 0.562. The van der Waals surface area contributed by atoms with Gasteiger partial charge in [0.2, 0.25) is 0 Å². The molecule has 1 aromatic carbocycles. The summed E-state index contributed by atoms with van der Waals surface area (Å²) in [6.07, 6.45) is 0. The fourth-order valence-electron chi connectivity index (χ4n) is 2.53. The lowest BCUT2D eigenvalue weighted by molar-refractivity contribution is 0.265. The van der Waals surface area contributed by atoms with E-state index in [1.165, 1.54) is 12.1 Å². The summed E-state index contributed by atoms with van der Waals surface area (Å²) < 4.78 is 12.9. The van der Waals surface area contributed by atoms with Crippen molar-refractivity contribution < 1.29 is 4.39 Å². The van der Waals surface area contributed by atoms with Gasteiger partial charge in [-0.1, -0.05) is 0 Å². The first-order valence-electron chi connectivity index (χ1n) is 7.84. The third-order valence-corrected chi connectivity index (χ3v) is 3.70. The highest BCUT2D eigenvalue weighted by molar-refractivity contribution is 14.0. The standard InChI is InChI=1S/C16H26FN5.HI/c1-13(2)20-16(18)19-7-8-21-9-11-22(12-10-21)15-5-3-14(17)4-6-15;/h3-6,13H,7-12H2,1-2H3,(H3,18,19,20);1H. The molecule has 5 nitrogen and oxygen atoms in total. The lowest BCUT2D eigenvalue weighted by atomic mass is 10.2. The maximum atomic E-state index is 12.9. The molecule has 0 atom stereocenters. The van der Waals surface area contributed by atoms with Gasteiger partial charge in [0.15, 0.2) is 5.96 Å². The van der Waals surface area contributed by atoms with Crippen molar-refractivity contribution in [1.82, 2.24) is 10.2 Å². The van der Waals surface area contributed by atoms with E-state index in [-0.39, 0.29) is 29.8 Å². The number of nitrogens with two attached hydrogens (primary N) is 1. The van der Waals surface area contributed by atoms with Gasteiger partial charge >= 0.3 is 0 Å². The van der Waals surface area contributed by atoms with Crippen molar-refractivity contribution in [2.45, 2.75) is 19.9 Å². The van der Waals surface area contributed by atoms with E-state index in [0.29, 0.717) is 18.5 Å². The van der Waals surface area contributed by atoms with Gasteiger partial charge in [0.05, 0.1) is 6.54 Å². The van der Waals surface area contributed by atoms with Gasteiger partial charge < -0.3 is 16.0 Å². The summed E-state index contributed by atoms with van der Waals surface area (Å²) in [5.74, 6) is 0.327. The normalized spacial score (nSPS) is 16.3. The molecule has 1 saturated heterocycles. The van der Waals surface area contributed by atoms with Gasteiger partial charge in [-0.2, -0.15) is 0 Å². The van der Waals surface area contributed by atoms with E-state index in [4.69, 9.17) is 5.73 Å². The number of hydrogen-bond donors (Lipinski definition) is 2. The van der Waals surface area contributed by atoms with Crippen molar-refractivity contribution in [1.29, 1.82) is 0 Å². The summed E-state index contributed by atoms with van der Waals surface area (Å²) >= 11 is 0. The van der Waals surface area contributed by atoms with Crippen molar-refractivity contribution in [3.05, 3.63) is 30.1 Å². The number of rotatable bonds is 5. The summed E-state index contributed by atoms with van der Waals surface area (Å²) in [6, 6.07) is 7.02. The van der Waals surface area contributed by atoms with Gasteiger partial charge in [0.1, 0.15) is 5.82 Å². The van der Waals surface area contributed by atoms with Crippen LogP contribution in [-0.4, -0.2) is 56.2 Å². The van der Waals surface area contributed by atoms with Gasteiger partial charge in [-0.15, -0.1) is 24.0 Å². The molecule has 0 radical (unpaired) electrons. The van der Waals surface area contributed by atoms with E-state index in [0.717, 1.165) is 38.4 Å². The first-order chi connectivity index (χ1) is 10.5. The van der Waals surface area contributed by atoms with Gasteiger partial charge in [-0.05, 0) is 38.1 Å². The Bertz CT molecular complexity index is 484. The Labute approximate surface area is 155 Å². The Balaban J connectivity index is 0.00000264. The van der Waals surface area contributed by atoms with Gasteiger partial charge in [-0.3, -0.25) is 9.89 Å². The Hall–Kier alpha value is -1.09. The molecule has 1 aliphatic rings. The smallest absolute Gasteiger partial charge is 0.188 e. The van der Waals surface area contributed by atoms with Crippen molar-refractivity contribution >= 4 is 35.6 Å². The number of nitrogens with zero attached hydrogens (tertiary/aromatic N) is 3. The largest absolute Gasteiger partial charge is 0.370 e. The molecule has 1 fully saturated rings. The summed E-state index contributed by atoms with van der Waals surface area (Å²) in [4.78, 5) is 9.00. The highest BCUT2D eigenvalue weighted by Gasteiger charge is 2.16. The number of hydrogen-bond acceptors (Lipinski definition) is 3. The molecular weight excluding hydrogens is 408 g/mol. The topological polar surface area (TPSA) is 56.9 Å². The molecule has 1 heterocycles. The molecule has 0 aromatic heterocycles.